The number of imide groups is 1. The van der Waals surface area contributed by atoms with Crippen molar-refractivity contribution in [2.45, 2.75) is 32.2 Å². The van der Waals surface area contributed by atoms with Crippen LogP contribution in [0.4, 0.5) is 0 Å². The Kier molecular flexibility index (Phi) is 6.20. The van der Waals surface area contributed by atoms with E-state index in [1.54, 1.807) is 0 Å². The van der Waals surface area contributed by atoms with Crippen molar-refractivity contribution in [2.24, 2.45) is 0 Å². The first-order valence-corrected chi connectivity index (χ1v) is 9.39. The van der Waals surface area contributed by atoms with Gasteiger partial charge < -0.3 is 4.90 Å². The van der Waals surface area contributed by atoms with Crippen molar-refractivity contribution < 1.29 is 14.4 Å². The lowest BCUT2D eigenvalue weighted by Gasteiger charge is -2.23. The van der Waals surface area contributed by atoms with Crippen molar-refractivity contribution in [3.63, 3.8) is 0 Å². The molecule has 3 rings (SSSR count). The van der Waals surface area contributed by atoms with Crippen molar-refractivity contribution in [3.8, 4) is 6.07 Å². The molecule has 0 bridgehead atoms. The Morgan fingerprint density at radius 3 is 2.37 bits per heavy atom. The number of likely N-dealkylation sites (tertiary alicyclic amines) is 1. The largest absolute Gasteiger partial charge is 0.341 e. The maximum absolute atomic E-state index is 12.5. The van der Waals surface area contributed by atoms with Crippen molar-refractivity contribution in [1.29, 1.82) is 5.26 Å². The van der Waals surface area contributed by atoms with Crippen LogP contribution in [0.2, 0.25) is 0 Å². The highest BCUT2D eigenvalue weighted by molar-refractivity contribution is 6.02. The molecule has 2 aliphatic heterocycles. The molecule has 2 saturated heterocycles. The van der Waals surface area contributed by atoms with Gasteiger partial charge in [0.05, 0.1) is 11.6 Å². The molecule has 1 aromatic rings. The minimum Gasteiger partial charge on any atom is -0.341 e. The average molecular weight is 368 g/mol. The van der Waals surface area contributed by atoms with Crippen LogP contribution in [0.5, 0.6) is 0 Å². The van der Waals surface area contributed by atoms with Crippen molar-refractivity contribution in [2.75, 3.05) is 32.7 Å². The topological polar surface area (TPSA) is 84.7 Å². The highest BCUT2D eigenvalue weighted by Gasteiger charge is 2.29. The standard InChI is InChI=1S/C20H24N4O3/c21-14-16-2-4-17(5-3-16)15-22-9-1-10-23(13-12-22)18(25)8-11-24-19(26)6-7-20(24)27/h2-5H,1,6-13,15H2. The second kappa shape index (κ2) is 8.78. The monoisotopic (exact) mass is 368 g/mol. The predicted octanol–water partition coefficient (Wildman–Crippen LogP) is 1.13. The maximum Gasteiger partial charge on any atom is 0.229 e. The smallest absolute Gasteiger partial charge is 0.229 e. The van der Waals surface area contributed by atoms with E-state index >= 15 is 0 Å². The first kappa shape index (κ1) is 19.1. The number of benzene rings is 1. The molecule has 3 amide bonds. The van der Waals surface area contributed by atoms with Gasteiger partial charge in [-0.1, -0.05) is 12.1 Å². The molecule has 27 heavy (non-hydrogen) atoms. The average Bonchev–Trinajstić information content (AvgIpc) is 2.86. The lowest BCUT2D eigenvalue weighted by Crippen LogP contribution is -2.38. The molecular weight excluding hydrogens is 344 g/mol. The molecule has 0 saturated carbocycles. The van der Waals surface area contributed by atoms with Crippen LogP contribution in [0.25, 0.3) is 0 Å². The maximum atomic E-state index is 12.5. The quantitative estimate of drug-likeness (QED) is 0.728. The van der Waals surface area contributed by atoms with Gasteiger partial charge in [-0.25, -0.2) is 0 Å². The van der Waals surface area contributed by atoms with Gasteiger partial charge in [-0.2, -0.15) is 5.26 Å². The molecule has 7 nitrogen and oxygen atoms in total. The summed E-state index contributed by atoms with van der Waals surface area (Å²) in [6.45, 7) is 4.04. The summed E-state index contributed by atoms with van der Waals surface area (Å²) in [5, 5.41) is 8.87. The summed E-state index contributed by atoms with van der Waals surface area (Å²) in [6, 6.07) is 9.70. The van der Waals surface area contributed by atoms with Crippen molar-refractivity contribution >= 4 is 17.7 Å². The number of carbonyl (C=O) groups excluding carboxylic acids is 3. The van der Waals surface area contributed by atoms with E-state index in [4.69, 9.17) is 5.26 Å². The van der Waals surface area contributed by atoms with Crippen molar-refractivity contribution in [3.05, 3.63) is 35.4 Å². The second-order valence-corrected chi connectivity index (χ2v) is 7.01. The summed E-state index contributed by atoms with van der Waals surface area (Å²) in [7, 11) is 0. The molecule has 0 spiro atoms. The van der Waals surface area contributed by atoms with Gasteiger partial charge in [0.2, 0.25) is 17.7 Å². The zero-order chi connectivity index (χ0) is 19.2. The third-order valence-corrected chi connectivity index (χ3v) is 5.13. The zero-order valence-electron chi connectivity index (χ0n) is 15.4. The van der Waals surface area contributed by atoms with E-state index in [1.165, 1.54) is 4.90 Å². The summed E-state index contributed by atoms with van der Waals surface area (Å²) in [6.07, 6.45) is 1.62. The molecule has 0 radical (unpaired) electrons. The van der Waals surface area contributed by atoms with Gasteiger partial charge in [-0.15, -0.1) is 0 Å². The van der Waals surface area contributed by atoms with Crippen LogP contribution in [0, 0.1) is 11.3 Å². The van der Waals surface area contributed by atoms with Gasteiger partial charge in [-0.3, -0.25) is 24.2 Å². The minimum atomic E-state index is -0.169. The number of carbonyl (C=O) groups is 3. The van der Waals surface area contributed by atoms with Crippen LogP contribution in [-0.4, -0.2) is 65.1 Å². The van der Waals surface area contributed by atoms with Crippen LogP contribution in [0.3, 0.4) is 0 Å². The van der Waals surface area contributed by atoms with Gasteiger partial charge in [0.15, 0.2) is 0 Å². The summed E-state index contributed by atoms with van der Waals surface area (Å²) in [5.74, 6) is -0.336. The summed E-state index contributed by atoms with van der Waals surface area (Å²) in [5.41, 5.74) is 1.81. The first-order valence-electron chi connectivity index (χ1n) is 9.39. The molecule has 2 aliphatic rings. The van der Waals surface area contributed by atoms with E-state index in [2.05, 4.69) is 11.0 Å². The molecule has 0 unspecified atom stereocenters. The van der Waals surface area contributed by atoms with E-state index in [1.807, 2.05) is 29.2 Å². The van der Waals surface area contributed by atoms with Crippen LogP contribution in [0.1, 0.15) is 36.8 Å². The Morgan fingerprint density at radius 2 is 1.70 bits per heavy atom. The number of rotatable bonds is 5. The summed E-state index contributed by atoms with van der Waals surface area (Å²) >= 11 is 0. The van der Waals surface area contributed by atoms with Crippen LogP contribution >= 0.6 is 0 Å². The summed E-state index contributed by atoms with van der Waals surface area (Å²) in [4.78, 5) is 41.1. The molecular formula is C20H24N4O3. The highest BCUT2D eigenvalue weighted by atomic mass is 16.2. The lowest BCUT2D eigenvalue weighted by molar-refractivity contribution is -0.139. The van der Waals surface area contributed by atoms with Crippen LogP contribution < -0.4 is 0 Å². The van der Waals surface area contributed by atoms with Crippen LogP contribution in [0.15, 0.2) is 24.3 Å². The van der Waals surface area contributed by atoms with Crippen LogP contribution in [-0.2, 0) is 20.9 Å². The van der Waals surface area contributed by atoms with E-state index in [0.29, 0.717) is 18.7 Å². The lowest BCUT2D eigenvalue weighted by atomic mass is 10.1. The van der Waals surface area contributed by atoms with E-state index in [-0.39, 0.29) is 43.5 Å². The van der Waals surface area contributed by atoms with Gasteiger partial charge in [0, 0.05) is 58.5 Å². The van der Waals surface area contributed by atoms with Gasteiger partial charge in [-0.05, 0) is 24.1 Å². The first-order chi connectivity index (χ1) is 13.1. The predicted molar refractivity (Wildman–Crippen MR) is 98.2 cm³/mol. The Morgan fingerprint density at radius 1 is 1.00 bits per heavy atom. The normalized spacial score (nSPS) is 18.5. The minimum absolute atomic E-state index is 0.00252. The molecule has 0 aromatic heterocycles. The van der Waals surface area contributed by atoms with Gasteiger partial charge in [0.25, 0.3) is 0 Å². The Bertz CT molecular complexity index is 737. The third kappa shape index (κ3) is 4.92. The fraction of sp³-hybridized carbons (Fsp3) is 0.500. The highest BCUT2D eigenvalue weighted by Crippen LogP contribution is 2.14. The van der Waals surface area contributed by atoms with Crippen molar-refractivity contribution in [1.82, 2.24) is 14.7 Å². The number of amides is 3. The number of nitriles is 1. The second-order valence-electron chi connectivity index (χ2n) is 7.01. The number of hydrogen-bond acceptors (Lipinski definition) is 5. The van der Waals surface area contributed by atoms with E-state index < -0.39 is 0 Å². The Hall–Kier alpha value is -2.72. The van der Waals surface area contributed by atoms with E-state index in [9.17, 15) is 14.4 Å². The molecule has 142 valence electrons. The molecule has 0 atom stereocenters. The molecule has 0 aliphatic carbocycles. The fourth-order valence-electron chi connectivity index (χ4n) is 3.56. The fourth-order valence-corrected chi connectivity index (χ4v) is 3.56. The molecule has 2 heterocycles. The SMILES string of the molecule is N#Cc1ccc(CN2CCCN(C(=O)CCN3C(=O)CCC3=O)CC2)cc1. The number of hydrogen-bond donors (Lipinski definition) is 0. The zero-order valence-corrected chi connectivity index (χ0v) is 15.4. The number of nitrogens with zero attached hydrogens (tertiary/aromatic N) is 4. The van der Waals surface area contributed by atoms with Gasteiger partial charge >= 0.3 is 0 Å². The summed E-state index contributed by atoms with van der Waals surface area (Å²) < 4.78 is 0. The molecule has 1 aromatic carbocycles. The third-order valence-electron chi connectivity index (χ3n) is 5.13. The van der Waals surface area contributed by atoms with E-state index in [0.717, 1.165) is 31.6 Å². The molecule has 7 heteroatoms. The molecule has 0 N–H and O–H groups in total. The Balaban J connectivity index is 1.47. The Labute approximate surface area is 159 Å². The molecule has 2 fully saturated rings. The van der Waals surface area contributed by atoms with Gasteiger partial charge in [0.1, 0.15) is 0 Å².